The van der Waals surface area contributed by atoms with Gasteiger partial charge in [0.05, 0.1) is 18.8 Å². The zero-order valence-corrected chi connectivity index (χ0v) is 15.9. The first-order chi connectivity index (χ1) is 12.8. The van der Waals surface area contributed by atoms with Crippen LogP contribution in [0.1, 0.15) is 23.7 Å². The normalized spacial score (nSPS) is 17.1. The number of thioether (sulfide) groups is 1. The molecule has 138 valence electrons. The second-order valence-corrected chi connectivity index (χ2v) is 7.28. The van der Waals surface area contributed by atoms with Crippen LogP contribution >= 0.6 is 11.8 Å². The summed E-state index contributed by atoms with van der Waals surface area (Å²) in [6.07, 6.45) is 2.35. The highest BCUT2D eigenvalue weighted by atomic mass is 32.2. The van der Waals surface area contributed by atoms with Crippen molar-refractivity contribution < 1.29 is 9.53 Å². The number of amides is 1. The van der Waals surface area contributed by atoms with Crippen LogP contribution in [-0.4, -0.2) is 48.3 Å². The Bertz CT molecular complexity index is 711. The molecule has 0 bridgehead atoms. The van der Waals surface area contributed by atoms with Gasteiger partial charge in [0.1, 0.15) is 5.75 Å². The maximum atomic E-state index is 12.8. The fourth-order valence-electron chi connectivity index (χ4n) is 3.19. The monoisotopic (exact) mass is 371 g/mol. The Kier molecular flexibility index (Phi) is 6.91. The smallest absolute Gasteiger partial charge is 0.224 e. The van der Waals surface area contributed by atoms with Crippen molar-refractivity contribution in [3.05, 3.63) is 59.9 Å². The van der Waals surface area contributed by atoms with E-state index in [1.165, 1.54) is 0 Å². The molecule has 1 unspecified atom stereocenters. The second-order valence-electron chi connectivity index (χ2n) is 6.17. The second kappa shape index (κ2) is 9.59. The molecule has 1 aromatic heterocycles. The molecule has 0 radical (unpaired) electrons. The number of para-hydroxylation sites is 1. The van der Waals surface area contributed by atoms with Crippen LogP contribution < -0.4 is 10.1 Å². The van der Waals surface area contributed by atoms with E-state index in [1.54, 1.807) is 25.1 Å². The van der Waals surface area contributed by atoms with E-state index in [0.29, 0.717) is 6.42 Å². The van der Waals surface area contributed by atoms with Crippen LogP contribution in [0.4, 0.5) is 0 Å². The number of hydrogen-bond acceptors (Lipinski definition) is 5. The van der Waals surface area contributed by atoms with Crippen molar-refractivity contribution in [3.8, 4) is 5.75 Å². The first kappa shape index (κ1) is 18.7. The number of pyridine rings is 1. The van der Waals surface area contributed by atoms with Gasteiger partial charge in [0.15, 0.2) is 0 Å². The molecule has 1 N–H and O–H groups in total. The van der Waals surface area contributed by atoms with Gasteiger partial charge in [-0.05, 0) is 18.2 Å². The Morgan fingerprint density at radius 1 is 1.31 bits per heavy atom. The molecule has 1 atom stereocenters. The van der Waals surface area contributed by atoms with Crippen LogP contribution in [0.2, 0.25) is 0 Å². The predicted molar refractivity (Wildman–Crippen MR) is 105 cm³/mol. The number of carbonyl (C=O) groups excluding carboxylic acids is 1. The minimum atomic E-state index is 0.0215. The number of nitrogens with zero attached hydrogens (tertiary/aromatic N) is 2. The fraction of sp³-hybridized carbons (Fsp3) is 0.400. The number of benzene rings is 1. The van der Waals surface area contributed by atoms with Crippen LogP contribution in [0, 0.1) is 0 Å². The van der Waals surface area contributed by atoms with Crippen molar-refractivity contribution in [2.75, 3.05) is 32.5 Å². The van der Waals surface area contributed by atoms with E-state index in [-0.39, 0.29) is 11.9 Å². The Balaban J connectivity index is 1.57. The summed E-state index contributed by atoms with van der Waals surface area (Å²) in [6, 6.07) is 13.9. The lowest BCUT2D eigenvalue weighted by atomic mass is 10.0. The molecule has 6 heteroatoms. The Labute approximate surface area is 159 Å². The van der Waals surface area contributed by atoms with Crippen molar-refractivity contribution in [2.24, 2.45) is 0 Å². The highest BCUT2D eigenvalue weighted by Crippen LogP contribution is 2.30. The van der Waals surface area contributed by atoms with Crippen molar-refractivity contribution in [1.82, 2.24) is 15.2 Å². The number of rotatable bonds is 7. The number of aromatic nitrogens is 1. The van der Waals surface area contributed by atoms with Gasteiger partial charge in [-0.25, -0.2) is 0 Å². The van der Waals surface area contributed by atoms with E-state index in [1.807, 2.05) is 47.4 Å². The molecule has 2 heterocycles. The summed E-state index contributed by atoms with van der Waals surface area (Å²) < 4.78 is 5.50. The number of carbonyl (C=O) groups is 1. The Hall–Kier alpha value is -2.05. The molecule has 1 amide bonds. The van der Waals surface area contributed by atoms with E-state index in [0.717, 1.165) is 48.1 Å². The van der Waals surface area contributed by atoms with Gasteiger partial charge in [0.2, 0.25) is 5.91 Å². The Morgan fingerprint density at radius 2 is 2.15 bits per heavy atom. The SMILES string of the molecule is COc1ccccc1C1CNCCN1C(=O)CCSCc1ccccn1. The van der Waals surface area contributed by atoms with E-state index >= 15 is 0 Å². The van der Waals surface area contributed by atoms with Gasteiger partial charge in [-0.3, -0.25) is 9.78 Å². The molecular formula is C20H25N3O2S. The molecular weight excluding hydrogens is 346 g/mol. The average Bonchev–Trinajstić information content (AvgIpc) is 2.72. The van der Waals surface area contributed by atoms with Gasteiger partial charge in [0.25, 0.3) is 0 Å². The van der Waals surface area contributed by atoms with Gasteiger partial charge in [0, 0.05) is 49.3 Å². The van der Waals surface area contributed by atoms with E-state index < -0.39 is 0 Å². The third-order valence-electron chi connectivity index (χ3n) is 4.50. The lowest BCUT2D eigenvalue weighted by Crippen LogP contribution is -2.48. The van der Waals surface area contributed by atoms with Crippen LogP contribution in [0.25, 0.3) is 0 Å². The minimum Gasteiger partial charge on any atom is -0.496 e. The van der Waals surface area contributed by atoms with Gasteiger partial charge < -0.3 is 15.0 Å². The summed E-state index contributed by atoms with van der Waals surface area (Å²) in [5.41, 5.74) is 2.12. The van der Waals surface area contributed by atoms with E-state index in [2.05, 4.69) is 10.3 Å². The zero-order chi connectivity index (χ0) is 18.2. The maximum absolute atomic E-state index is 12.8. The number of methoxy groups -OCH3 is 1. The molecule has 3 rings (SSSR count). The van der Waals surface area contributed by atoms with Crippen molar-refractivity contribution >= 4 is 17.7 Å². The molecule has 26 heavy (non-hydrogen) atoms. The molecule has 1 aromatic carbocycles. The molecule has 1 aliphatic heterocycles. The van der Waals surface area contributed by atoms with Gasteiger partial charge in [-0.15, -0.1) is 0 Å². The summed E-state index contributed by atoms with van der Waals surface area (Å²) in [5.74, 6) is 2.68. The molecule has 0 saturated carbocycles. The lowest BCUT2D eigenvalue weighted by molar-refractivity contribution is -0.134. The lowest BCUT2D eigenvalue weighted by Gasteiger charge is -2.37. The number of piperazine rings is 1. The average molecular weight is 372 g/mol. The van der Waals surface area contributed by atoms with Crippen LogP contribution in [-0.2, 0) is 10.5 Å². The van der Waals surface area contributed by atoms with E-state index in [4.69, 9.17) is 4.74 Å². The topological polar surface area (TPSA) is 54.5 Å². The number of ether oxygens (including phenoxy) is 1. The standard InChI is InChI=1S/C20H25N3O2S/c1-25-19-8-3-2-7-17(19)18-14-21-11-12-23(18)20(24)9-13-26-15-16-6-4-5-10-22-16/h2-8,10,18,21H,9,11-15H2,1H3. The summed E-state index contributed by atoms with van der Waals surface area (Å²) in [5, 5.41) is 3.40. The summed E-state index contributed by atoms with van der Waals surface area (Å²) >= 11 is 1.75. The molecule has 1 saturated heterocycles. The molecule has 1 aliphatic rings. The third-order valence-corrected chi connectivity index (χ3v) is 5.49. The first-order valence-corrected chi connectivity index (χ1v) is 10.1. The number of hydrogen-bond donors (Lipinski definition) is 1. The zero-order valence-electron chi connectivity index (χ0n) is 15.1. The number of nitrogens with one attached hydrogen (secondary N) is 1. The summed E-state index contributed by atoms with van der Waals surface area (Å²) in [4.78, 5) is 19.1. The predicted octanol–water partition coefficient (Wildman–Crippen LogP) is 2.89. The maximum Gasteiger partial charge on any atom is 0.224 e. The van der Waals surface area contributed by atoms with Gasteiger partial charge in [-0.1, -0.05) is 24.3 Å². The van der Waals surface area contributed by atoms with Crippen molar-refractivity contribution in [1.29, 1.82) is 0 Å². The molecule has 5 nitrogen and oxygen atoms in total. The van der Waals surface area contributed by atoms with Crippen molar-refractivity contribution in [3.63, 3.8) is 0 Å². The molecule has 1 fully saturated rings. The highest BCUT2D eigenvalue weighted by Gasteiger charge is 2.29. The van der Waals surface area contributed by atoms with Crippen LogP contribution in [0.15, 0.2) is 48.7 Å². The molecule has 0 spiro atoms. The third kappa shape index (κ3) is 4.77. The quantitative estimate of drug-likeness (QED) is 0.759. The minimum absolute atomic E-state index is 0.0215. The highest BCUT2D eigenvalue weighted by molar-refractivity contribution is 7.98. The summed E-state index contributed by atoms with van der Waals surface area (Å²) in [7, 11) is 1.68. The fourth-order valence-corrected chi connectivity index (χ4v) is 4.03. The first-order valence-electron chi connectivity index (χ1n) is 8.90. The molecule has 2 aromatic rings. The van der Waals surface area contributed by atoms with Gasteiger partial charge >= 0.3 is 0 Å². The van der Waals surface area contributed by atoms with Crippen LogP contribution in [0.3, 0.4) is 0 Å². The van der Waals surface area contributed by atoms with Gasteiger partial charge in [-0.2, -0.15) is 11.8 Å². The largest absolute Gasteiger partial charge is 0.496 e. The van der Waals surface area contributed by atoms with E-state index in [9.17, 15) is 4.79 Å². The van der Waals surface area contributed by atoms with Crippen LogP contribution in [0.5, 0.6) is 5.75 Å². The molecule has 0 aliphatic carbocycles. The van der Waals surface area contributed by atoms with Crippen molar-refractivity contribution in [2.45, 2.75) is 18.2 Å². The summed E-state index contributed by atoms with van der Waals surface area (Å²) in [6.45, 7) is 2.32. The Morgan fingerprint density at radius 3 is 2.96 bits per heavy atom.